The lowest BCUT2D eigenvalue weighted by atomic mass is 9.97. The standard InChI is InChI=1S/C22H27NO4/c1-15(2)21(27-18-8-6-5-7-9-18)22(24)23-11-10-16-12-19(25-3)20(26-4)13-17(16)14-23/h5-9,12-13,15,21H,10-11,14H2,1-4H3. The minimum absolute atomic E-state index is 0.0225. The van der Waals surface area contributed by atoms with Gasteiger partial charge in [0.15, 0.2) is 17.6 Å². The molecule has 1 atom stereocenters. The maximum Gasteiger partial charge on any atom is 0.264 e. The number of methoxy groups -OCH3 is 2. The summed E-state index contributed by atoms with van der Waals surface area (Å²) in [4.78, 5) is 15.1. The van der Waals surface area contributed by atoms with Gasteiger partial charge in [0.1, 0.15) is 5.75 Å². The van der Waals surface area contributed by atoms with Crippen molar-refractivity contribution >= 4 is 5.91 Å². The second-order valence-electron chi connectivity index (χ2n) is 7.08. The molecule has 5 heteroatoms. The summed E-state index contributed by atoms with van der Waals surface area (Å²) < 4.78 is 16.8. The first-order valence-corrected chi connectivity index (χ1v) is 9.27. The molecule has 0 saturated carbocycles. The second kappa shape index (κ2) is 8.33. The average molecular weight is 369 g/mol. The predicted molar refractivity (Wildman–Crippen MR) is 104 cm³/mol. The fourth-order valence-electron chi connectivity index (χ4n) is 3.37. The fourth-order valence-corrected chi connectivity index (χ4v) is 3.37. The van der Waals surface area contributed by atoms with Crippen LogP contribution in [0.2, 0.25) is 0 Å². The molecule has 1 aliphatic heterocycles. The summed E-state index contributed by atoms with van der Waals surface area (Å²) in [5.74, 6) is 2.22. The van der Waals surface area contributed by atoms with Crippen molar-refractivity contribution in [3.63, 3.8) is 0 Å². The summed E-state index contributed by atoms with van der Waals surface area (Å²) in [7, 11) is 3.26. The van der Waals surface area contributed by atoms with E-state index in [-0.39, 0.29) is 11.8 Å². The lowest BCUT2D eigenvalue weighted by molar-refractivity contribution is -0.141. The van der Waals surface area contributed by atoms with Crippen LogP contribution in [0.3, 0.4) is 0 Å². The van der Waals surface area contributed by atoms with E-state index in [9.17, 15) is 4.79 Å². The van der Waals surface area contributed by atoms with Gasteiger partial charge in [0, 0.05) is 13.1 Å². The molecule has 0 spiro atoms. The first-order valence-electron chi connectivity index (χ1n) is 9.27. The van der Waals surface area contributed by atoms with Crippen LogP contribution in [0.25, 0.3) is 0 Å². The van der Waals surface area contributed by atoms with Gasteiger partial charge in [-0.15, -0.1) is 0 Å². The van der Waals surface area contributed by atoms with Gasteiger partial charge in [-0.25, -0.2) is 0 Å². The normalized spacial score (nSPS) is 14.5. The molecule has 144 valence electrons. The Morgan fingerprint density at radius 3 is 2.22 bits per heavy atom. The van der Waals surface area contributed by atoms with Crippen molar-refractivity contribution in [2.45, 2.75) is 32.9 Å². The van der Waals surface area contributed by atoms with Gasteiger partial charge < -0.3 is 19.1 Å². The van der Waals surface area contributed by atoms with Crippen molar-refractivity contribution in [3.05, 3.63) is 53.6 Å². The highest BCUT2D eigenvalue weighted by Crippen LogP contribution is 2.33. The molecule has 1 aliphatic rings. The Morgan fingerprint density at radius 2 is 1.63 bits per heavy atom. The van der Waals surface area contributed by atoms with Crippen LogP contribution in [0.4, 0.5) is 0 Å². The van der Waals surface area contributed by atoms with Crippen molar-refractivity contribution in [2.24, 2.45) is 5.92 Å². The van der Waals surface area contributed by atoms with Gasteiger partial charge in [-0.05, 0) is 47.7 Å². The van der Waals surface area contributed by atoms with Crippen LogP contribution in [0.1, 0.15) is 25.0 Å². The monoisotopic (exact) mass is 369 g/mol. The number of fused-ring (bicyclic) bond motifs is 1. The van der Waals surface area contributed by atoms with Crippen LogP contribution in [-0.4, -0.2) is 37.7 Å². The highest BCUT2D eigenvalue weighted by molar-refractivity contribution is 5.82. The average Bonchev–Trinajstić information content (AvgIpc) is 2.70. The van der Waals surface area contributed by atoms with Crippen molar-refractivity contribution in [3.8, 4) is 17.2 Å². The zero-order valence-electron chi connectivity index (χ0n) is 16.4. The van der Waals surface area contributed by atoms with E-state index in [0.29, 0.717) is 24.6 Å². The number of nitrogens with zero attached hydrogens (tertiary/aromatic N) is 1. The van der Waals surface area contributed by atoms with Gasteiger partial charge in [0.2, 0.25) is 0 Å². The molecular weight excluding hydrogens is 342 g/mol. The number of carbonyl (C=O) groups excluding carboxylic acids is 1. The molecule has 1 unspecified atom stereocenters. The quantitative estimate of drug-likeness (QED) is 0.779. The van der Waals surface area contributed by atoms with Crippen molar-refractivity contribution < 1.29 is 19.0 Å². The molecule has 5 nitrogen and oxygen atoms in total. The Hall–Kier alpha value is -2.69. The number of rotatable bonds is 6. The molecule has 0 aliphatic carbocycles. The molecule has 2 aromatic rings. The summed E-state index contributed by atoms with van der Waals surface area (Å²) in [6.07, 6.45) is 0.284. The molecule has 0 radical (unpaired) electrons. The van der Waals surface area contributed by atoms with Crippen LogP contribution < -0.4 is 14.2 Å². The largest absolute Gasteiger partial charge is 0.493 e. The smallest absolute Gasteiger partial charge is 0.264 e. The fraction of sp³-hybridized carbons (Fsp3) is 0.409. The number of ether oxygens (including phenoxy) is 3. The lowest BCUT2D eigenvalue weighted by Crippen LogP contribution is -2.46. The summed E-state index contributed by atoms with van der Waals surface area (Å²) in [6, 6.07) is 13.5. The molecule has 27 heavy (non-hydrogen) atoms. The van der Waals surface area contributed by atoms with E-state index in [2.05, 4.69) is 0 Å². The van der Waals surface area contributed by atoms with Crippen LogP contribution in [0.15, 0.2) is 42.5 Å². The third-order valence-corrected chi connectivity index (χ3v) is 4.88. The van der Waals surface area contributed by atoms with Crippen molar-refractivity contribution in [1.29, 1.82) is 0 Å². The molecule has 3 rings (SSSR count). The Morgan fingerprint density at radius 1 is 1.00 bits per heavy atom. The zero-order chi connectivity index (χ0) is 19.4. The molecule has 0 fully saturated rings. The number of hydrogen-bond donors (Lipinski definition) is 0. The number of benzene rings is 2. The highest BCUT2D eigenvalue weighted by atomic mass is 16.5. The number of para-hydroxylation sites is 1. The van der Waals surface area contributed by atoms with Gasteiger partial charge in [0.25, 0.3) is 5.91 Å². The molecule has 1 heterocycles. The molecule has 2 aromatic carbocycles. The Labute approximate surface area is 160 Å². The first-order chi connectivity index (χ1) is 13.0. The van der Waals surface area contributed by atoms with E-state index in [1.807, 2.05) is 61.2 Å². The zero-order valence-corrected chi connectivity index (χ0v) is 16.4. The second-order valence-corrected chi connectivity index (χ2v) is 7.08. The molecule has 0 aromatic heterocycles. The van der Waals surface area contributed by atoms with Crippen LogP contribution in [-0.2, 0) is 17.8 Å². The Balaban J connectivity index is 1.79. The van der Waals surface area contributed by atoms with Gasteiger partial charge in [-0.1, -0.05) is 32.0 Å². The van der Waals surface area contributed by atoms with Crippen molar-refractivity contribution in [2.75, 3.05) is 20.8 Å². The van der Waals surface area contributed by atoms with E-state index < -0.39 is 6.10 Å². The molecule has 0 bridgehead atoms. The minimum atomic E-state index is -0.505. The third kappa shape index (κ3) is 4.18. The van der Waals surface area contributed by atoms with Crippen LogP contribution >= 0.6 is 0 Å². The highest BCUT2D eigenvalue weighted by Gasteiger charge is 2.31. The topological polar surface area (TPSA) is 48.0 Å². The summed E-state index contributed by atoms with van der Waals surface area (Å²) in [5, 5.41) is 0. The summed E-state index contributed by atoms with van der Waals surface area (Å²) >= 11 is 0. The molecule has 0 N–H and O–H groups in total. The number of amides is 1. The number of hydrogen-bond acceptors (Lipinski definition) is 4. The van der Waals surface area contributed by atoms with Gasteiger partial charge in [-0.3, -0.25) is 4.79 Å². The van der Waals surface area contributed by atoms with Gasteiger partial charge in [0.05, 0.1) is 14.2 Å². The van der Waals surface area contributed by atoms with Crippen molar-refractivity contribution in [1.82, 2.24) is 4.90 Å². The van der Waals surface area contributed by atoms with Gasteiger partial charge in [-0.2, -0.15) is 0 Å². The predicted octanol–water partition coefficient (Wildman–Crippen LogP) is 3.69. The SMILES string of the molecule is COc1cc2c(cc1OC)CN(C(=O)C(Oc1ccccc1)C(C)C)CC2. The summed E-state index contributed by atoms with van der Waals surface area (Å²) in [5.41, 5.74) is 2.29. The molecule has 1 amide bonds. The van der Waals surface area contributed by atoms with E-state index in [4.69, 9.17) is 14.2 Å². The van der Waals surface area contributed by atoms with Crippen LogP contribution in [0.5, 0.6) is 17.2 Å². The maximum absolute atomic E-state index is 13.2. The van der Waals surface area contributed by atoms with Crippen LogP contribution in [0, 0.1) is 5.92 Å². The van der Waals surface area contributed by atoms with E-state index in [1.54, 1.807) is 14.2 Å². The Kier molecular flexibility index (Phi) is 5.89. The maximum atomic E-state index is 13.2. The first kappa shape index (κ1) is 19.1. The number of carbonyl (C=O) groups is 1. The third-order valence-electron chi connectivity index (χ3n) is 4.88. The van der Waals surface area contributed by atoms with E-state index >= 15 is 0 Å². The molecule has 0 saturated heterocycles. The molecular formula is C22H27NO4. The summed E-state index contributed by atoms with van der Waals surface area (Å²) in [6.45, 7) is 5.24. The van der Waals surface area contributed by atoms with E-state index in [0.717, 1.165) is 17.7 Å². The van der Waals surface area contributed by atoms with E-state index in [1.165, 1.54) is 5.56 Å². The Bertz CT molecular complexity index is 788. The minimum Gasteiger partial charge on any atom is -0.493 e. The van der Waals surface area contributed by atoms with Gasteiger partial charge >= 0.3 is 0 Å². The lowest BCUT2D eigenvalue weighted by Gasteiger charge is -2.33.